The van der Waals surface area contributed by atoms with Crippen molar-refractivity contribution >= 4 is 35.4 Å². The molecule has 6 bridgehead atoms. The van der Waals surface area contributed by atoms with Gasteiger partial charge in [0.2, 0.25) is 35.4 Å². The highest BCUT2D eigenvalue weighted by Gasteiger charge is 2.39. The summed E-state index contributed by atoms with van der Waals surface area (Å²) < 4.78 is 17.0. The van der Waals surface area contributed by atoms with Gasteiger partial charge in [0.05, 0.1) is 14.2 Å². The Morgan fingerprint density at radius 2 is 1.26 bits per heavy atom. The van der Waals surface area contributed by atoms with Crippen LogP contribution >= 0.6 is 0 Å². The second kappa shape index (κ2) is 18.2. The van der Waals surface area contributed by atoms with Gasteiger partial charge in [-0.1, -0.05) is 37.3 Å². The number of nitrogens with zero attached hydrogens (tertiary/aromatic N) is 3. The van der Waals surface area contributed by atoms with Gasteiger partial charge < -0.3 is 44.9 Å². The molecule has 0 saturated carbocycles. The normalized spacial score (nSPS) is 24.1. The predicted molar refractivity (Wildman–Crippen MR) is 211 cm³/mol. The van der Waals surface area contributed by atoms with Crippen LogP contribution in [0.25, 0.3) is 0 Å². The summed E-state index contributed by atoms with van der Waals surface area (Å²) in [5.41, 5.74) is 2.04. The highest BCUT2D eigenvalue weighted by molar-refractivity contribution is 5.98. The summed E-state index contributed by atoms with van der Waals surface area (Å²) in [5.74, 6) is -1.56. The summed E-state index contributed by atoms with van der Waals surface area (Å²) in [6.45, 7) is 4.71. The zero-order valence-electron chi connectivity index (χ0n) is 33.7. The van der Waals surface area contributed by atoms with Crippen molar-refractivity contribution in [2.75, 3.05) is 35.4 Å². The molecule has 304 valence electrons. The minimum atomic E-state index is -1.16. The number of nitrogens with one attached hydrogen (secondary N) is 3. The summed E-state index contributed by atoms with van der Waals surface area (Å²) in [6.07, 6.45) is 0.323. The molecule has 57 heavy (non-hydrogen) atoms. The van der Waals surface area contributed by atoms with Gasteiger partial charge in [0, 0.05) is 40.4 Å². The van der Waals surface area contributed by atoms with Crippen LogP contribution in [0.5, 0.6) is 23.0 Å². The van der Waals surface area contributed by atoms with Crippen molar-refractivity contribution in [2.45, 2.75) is 82.7 Å². The quantitative estimate of drug-likeness (QED) is 0.351. The minimum absolute atomic E-state index is 0.00758. The molecule has 1 fully saturated rings. The van der Waals surface area contributed by atoms with Crippen molar-refractivity contribution in [1.29, 1.82) is 0 Å². The lowest BCUT2D eigenvalue weighted by molar-refractivity contribution is -0.149. The first-order valence-electron chi connectivity index (χ1n) is 18.9. The number of hydrogen-bond acceptors (Lipinski definition) is 9. The molecule has 6 rings (SSSR count). The van der Waals surface area contributed by atoms with E-state index in [0.717, 1.165) is 0 Å². The van der Waals surface area contributed by atoms with E-state index in [1.165, 1.54) is 63.9 Å². The van der Waals surface area contributed by atoms with Gasteiger partial charge in [-0.15, -0.1) is 0 Å². The predicted octanol–water partition coefficient (Wildman–Crippen LogP) is 2.24. The lowest BCUT2D eigenvalue weighted by Crippen LogP contribution is -2.61. The molecular weight excluding hydrogens is 732 g/mol. The summed E-state index contributed by atoms with van der Waals surface area (Å²) in [4.78, 5) is 88.8. The Bertz CT molecular complexity index is 1970. The second-order valence-corrected chi connectivity index (χ2v) is 14.5. The molecular formula is C42H52N6O9. The first kappa shape index (κ1) is 42.0. The number of methoxy groups -OCH3 is 2. The van der Waals surface area contributed by atoms with Crippen LogP contribution in [0.15, 0.2) is 66.7 Å². The van der Waals surface area contributed by atoms with Crippen LogP contribution in [0.1, 0.15) is 43.9 Å². The van der Waals surface area contributed by atoms with Gasteiger partial charge in [-0.3, -0.25) is 28.8 Å². The van der Waals surface area contributed by atoms with Crippen molar-refractivity contribution in [3.05, 3.63) is 83.4 Å². The highest BCUT2D eigenvalue weighted by Crippen LogP contribution is 2.34. The maximum absolute atomic E-state index is 14.7. The summed E-state index contributed by atoms with van der Waals surface area (Å²) in [5, 5.41) is 8.27. The summed E-state index contributed by atoms with van der Waals surface area (Å²) in [7, 11) is 7.48. The van der Waals surface area contributed by atoms with E-state index in [1.807, 2.05) is 0 Å². The Morgan fingerprint density at radius 3 is 1.89 bits per heavy atom. The molecule has 6 amide bonds. The van der Waals surface area contributed by atoms with Crippen LogP contribution in [0, 0.1) is 0 Å². The zero-order valence-corrected chi connectivity index (χ0v) is 33.7. The number of rotatable bonds is 5. The van der Waals surface area contributed by atoms with Gasteiger partial charge in [0.25, 0.3) is 0 Å². The van der Waals surface area contributed by atoms with Gasteiger partial charge in [-0.25, -0.2) is 0 Å². The summed E-state index contributed by atoms with van der Waals surface area (Å²) >= 11 is 0. The van der Waals surface area contributed by atoms with Crippen molar-refractivity contribution < 1.29 is 43.0 Å². The van der Waals surface area contributed by atoms with Crippen LogP contribution in [-0.2, 0) is 48.0 Å². The largest absolute Gasteiger partial charge is 0.497 e. The average molecular weight is 785 g/mol. The molecule has 6 atom stereocenters. The molecule has 6 unspecified atom stereocenters. The van der Waals surface area contributed by atoms with Gasteiger partial charge in [-0.2, -0.15) is 0 Å². The van der Waals surface area contributed by atoms with Crippen molar-refractivity contribution in [2.24, 2.45) is 0 Å². The zero-order chi connectivity index (χ0) is 41.6. The van der Waals surface area contributed by atoms with E-state index in [1.54, 1.807) is 73.7 Å². The van der Waals surface area contributed by atoms with E-state index in [4.69, 9.17) is 14.2 Å². The topological polar surface area (TPSA) is 176 Å². The number of likely N-dealkylation sites (N-methyl/N-ethyl adjacent to an activating group) is 3. The molecule has 3 aliphatic heterocycles. The standard InChI is InChI=1S/C42H52N6O9/c1-9-31-41(53)46(4)32(20-26-10-15-29(55-7)16-11-26)39(51)44-25(3)40(52)48(6)34-21-27-12-17-30(18-13-27)57-36-23-28(14-19-35(36)56-8)22-33(47(5)42(34)54)38(50)43-24(2)37(49)45-31/h10-19,23-25,31-34H,9,20-22H2,1-8H3,(H,43,50)(H,44,51)(H,45,49). The third-order valence-corrected chi connectivity index (χ3v) is 10.7. The number of hydrogen-bond donors (Lipinski definition) is 3. The summed E-state index contributed by atoms with van der Waals surface area (Å²) in [6, 6.07) is 12.6. The molecule has 0 radical (unpaired) electrons. The van der Waals surface area contributed by atoms with Crippen molar-refractivity contribution in [3.63, 3.8) is 0 Å². The molecule has 0 aliphatic carbocycles. The third kappa shape index (κ3) is 9.65. The monoisotopic (exact) mass is 784 g/mol. The number of benzene rings is 3. The van der Waals surface area contributed by atoms with Crippen molar-refractivity contribution in [1.82, 2.24) is 30.7 Å². The molecule has 15 heteroatoms. The molecule has 0 spiro atoms. The Balaban J connectivity index is 1.59. The maximum Gasteiger partial charge on any atom is 0.246 e. The fourth-order valence-corrected chi connectivity index (χ4v) is 7.01. The molecule has 3 aliphatic rings. The van der Waals surface area contributed by atoms with Crippen LogP contribution in [0.2, 0.25) is 0 Å². The van der Waals surface area contributed by atoms with E-state index in [2.05, 4.69) is 16.0 Å². The molecule has 3 aromatic rings. The average Bonchev–Trinajstić information content (AvgIpc) is 3.21. The Morgan fingerprint density at radius 1 is 0.649 bits per heavy atom. The number of ether oxygens (including phenoxy) is 3. The van der Waals surface area contributed by atoms with E-state index in [0.29, 0.717) is 39.7 Å². The maximum atomic E-state index is 14.7. The number of carbonyl (C=O) groups is 6. The highest BCUT2D eigenvalue weighted by atomic mass is 16.5. The van der Waals surface area contributed by atoms with Gasteiger partial charge >= 0.3 is 0 Å². The van der Waals surface area contributed by atoms with E-state index < -0.39 is 71.7 Å². The third-order valence-electron chi connectivity index (χ3n) is 10.7. The molecule has 15 nitrogen and oxygen atoms in total. The van der Waals surface area contributed by atoms with E-state index >= 15 is 0 Å². The van der Waals surface area contributed by atoms with Crippen LogP contribution in [0.4, 0.5) is 0 Å². The number of carbonyl (C=O) groups excluding carboxylic acids is 6. The van der Waals surface area contributed by atoms with Crippen LogP contribution in [0.3, 0.4) is 0 Å². The lowest BCUT2D eigenvalue weighted by atomic mass is 9.98. The molecule has 0 aromatic heterocycles. The molecule has 1 saturated heterocycles. The van der Waals surface area contributed by atoms with Crippen LogP contribution < -0.4 is 30.2 Å². The SMILES string of the molecule is CCC1NC(=O)C(C)NC(=O)C2Cc3ccc(OC)c(c3)Oc3ccc(cc3)CC(C(=O)N2C)N(C)C(=O)C(C)NC(=O)C(Cc2ccc(OC)cc2)N(C)C1=O. The molecule has 3 N–H and O–H groups in total. The lowest BCUT2D eigenvalue weighted by Gasteiger charge is -2.37. The fourth-order valence-electron chi connectivity index (χ4n) is 7.01. The second-order valence-electron chi connectivity index (χ2n) is 14.5. The van der Waals surface area contributed by atoms with E-state index in [9.17, 15) is 28.8 Å². The van der Waals surface area contributed by atoms with Gasteiger partial charge in [0.1, 0.15) is 47.8 Å². The first-order chi connectivity index (χ1) is 27.1. The Hall–Kier alpha value is -6.12. The van der Waals surface area contributed by atoms with Gasteiger partial charge in [0.15, 0.2) is 11.5 Å². The minimum Gasteiger partial charge on any atom is -0.497 e. The molecule has 3 aromatic carbocycles. The van der Waals surface area contributed by atoms with Crippen LogP contribution in [-0.4, -0.2) is 122 Å². The van der Waals surface area contributed by atoms with Crippen molar-refractivity contribution in [3.8, 4) is 23.0 Å². The van der Waals surface area contributed by atoms with E-state index in [-0.39, 0.29) is 25.7 Å². The molecule has 3 heterocycles. The smallest absolute Gasteiger partial charge is 0.246 e. The Kier molecular flexibility index (Phi) is 13.4. The van der Waals surface area contributed by atoms with Gasteiger partial charge in [-0.05, 0) is 73.4 Å². The first-order valence-corrected chi connectivity index (χ1v) is 18.9. The number of amides is 6. The Labute approximate surface area is 333 Å². The fraction of sp³-hybridized carbons (Fsp3) is 0.429. The number of fused-ring (bicyclic) bond motifs is 2.